The number of ether oxygens (including phenoxy) is 4. The number of carbonyl (C=O) groups excluding carboxylic acids is 1. The maximum absolute atomic E-state index is 12.2. The summed E-state index contributed by atoms with van der Waals surface area (Å²) in [5.41, 5.74) is 6.46. The smallest absolute Gasteiger partial charge is 0.238 e. The van der Waals surface area contributed by atoms with Crippen molar-refractivity contribution in [2.24, 2.45) is 0 Å². The van der Waals surface area contributed by atoms with Crippen LogP contribution in [0.25, 0.3) is 0 Å². The molecule has 0 saturated carbocycles. The first-order valence-corrected chi connectivity index (χ1v) is 22.5. The topological polar surface area (TPSA) is 110 Å². The molecule has 10 rings (SSSR count). The molecule has 2 atom stereocenters. The van der Waals surface area contributed by atoms with Crippen LogP contribution in [0.15, 0.2) is 134 Å². The van der Waals surface area contributed by atoms with E-state index in [-0.39, 0.29) is 18.1 Å². The van der Waals surface area contributed by atoms with Crippen molar-refractivity contribution in [1.29, 1.82) is 0 Å². The minimum Gasteiger partial charge on any atom is -0.485 e. The molecule has 11 nitrogen and oxygen atoms in total. The number of fused-ring (bicyclic) bond motifs is 2. The molecule has 6 aromatic rings. The molecule has 4 aliphatic rings. The highest BCUT2D eigenvalue weighted by Crippen LogP contribution is 2.39. The quantitative estimate of drug-likeness (QED) is 0.117. The highest BCUT2D eigenvalue weighted by molar-refractivity contribution is 5.92. The molecule has 4 aliphatic heterocycles. The number of hydrogen-bond donors (Lipinski definition) is 2. The van der Waals surface area contributed by atoms with E-state index in [1.54, 1.807) is 12.3 Å². The van der Waals surface area contributed by atoms with Crippen molar-refractivity contribution in [1.82, 2.24) is 19.8 Å². The van der Waals surface area contributed by atoms with E-state index in [0.717, 1.165) is 86.1 Å². The summed E-state index contributed by atoms with van der Waals surface area (Å²) in [6.45, 7) is 6.91. The van der Waals surface area contributed by atoms with Gasteiger partial charge in [-0.1, -0.05) is 60.7 Å². The average molecular weight is 845 g/mol. The Morgan fingerprint density at radius 1 is 0.603 bits per heavy atom. The Morgan fingerprint density at radius 2 is 1.11 bits per heavy atom. The second kappa shape index (κ2) is 20.6. The molecule has 4 aromatic carbocycles. The highest BCUT2D eigenvalue weighted by atomic mass is 16.5. The minimum atomic E-state index is -0.00846. The van der Waals surface area contributed by atoms with Gasteiger partial charge in [-0.3, -0.25) is 9.69 Å². The molecule has 0 spiro atoms. The fraction of sp³-hybridized carbons (Fsp3) is 0.327. The molecule has 6 heterocycles. The van der Waals surface area contributed by atoms with Crippen molar-refractivity contribution in [2.75, 3.05) is 56.4 Å². The Balaban J connectivity index is 0.000000160. The van der Waals surface area contributed by atoms with Gasteiger partial charge in [0.2, 0.25) is 17.7 Å². The monoisotopic (exact) mass is 844 g/mol. The number of anilines is 2. The minimum absolute atomic E-state index is 0.00846. The summed E-state index contributed by atoms with van der Waals surface area (Å²) in [6, 6.07) is 40.2. The predicted molar refractivity (Wildman–Crippen MR) is 246 cm³/mol. The Kier molecular flexibility index (Phi) is 13.7. The molecule has 2 aromatic heterocycles. The van der Waals surface area contributed by atoms with Crippen LogP contribution in [-0.2, 0) is 17.6 Å². The first-order chi connectivity index (χ1) is 31.1. The number of rotatable bonds is 13. The number of nitrogens with zero attached hydrogens (tertiary/aromatic N) is 4. The number of aryl methyl sites for hydroxylation is 2. The largest absolute Gasteiger partial charge is 0.485 e. The van der Waals surface area contributed by atoms with Crippen LogP contribution in [-0.4, -0.2) is 71.5 Å². The van der Waals surface area contributed by atoms with E-state index in [4.69, 9.17) is 18.9 Å². The Bertz CT molecular complexity index is 2390. The molecule has 324 valence electrons. The third-order valence-corrected chi connectivity index (χ3v) is 12.0. The number of aromatic nitrogens is 2. The van der Waals surface area contributed by atoms with E-state index in [1.807, 2.05) is 79.0 Å². The molecule has 2 N–H and O–H groups in total. The summed E-state index contributed by atoms with van der Waals surface area (Å²) in [5.74, 6) is 4.45. The third kappa shape index (κ3) is 11.5. The van der Waals surface area contributed by atoms with Gasteiger partial charge in [-0.2, -0.15) is 0 Å². The zero-order valence-electron chi connectivity index (χ0n) is 35.8. The lowest BCUT2D eigenvalue weighted by atomic mass is 9.97. The lowest BCUT2D eigenvalue weighted by molar-refractivity contribution is -0.117. The SMILES string of the molecule is O=C(CN1CCCC1)Nc1ccc(Oc2ccc3c(c2)CCC(c2ccccc2)O3)nc1.c1ccc(C2CCc3cc(Oc4ccc(NCCN5CCCC5)cn4)ccc3O2)cc1. The van der Waals surface area contributed by atoms with E-state index in [9.17, 15) is 4.79 Å². The maximum Gasteiger partial charge on any atom is 0.238 e. The normalized spacial score (nSPS) is 18.1. The van der Waals surface area contributed by atoms with Crippen LogP contribution < -0.4 is 29.6 Å². The summed E-state index contributed by atoms with van der Waals surface area (Å²) < 4.78 is 24.4. The summed E-state index contributed by atoms with van der Waals surface area (Å²) in [4.78, 5) is 25.6. The summed E-state index contributed by atoms with van der Waals surface area (Å²) >= 11 is 0. The maximum atomic E-state index is 12.2. The average Bonchev–Trinajstić information content (AvgIpc) is 4.06. The van der Waals surface area contributed by atoms with Crippen LogP contribution in [0.3, 0.4) is 0 Å². The van der Waals surface area contributed by atoms with Gasteiger partial charge in [0, 0.05) is 25.2 Å². The Labute approximate surface area is 370 Å². The number of hydrogen-bond acceptors (Lipinski definition) is 10. The molecule has 1 amide bonds. The van der Waals surface area contributed by atoms with E-state index >= 15 is 0 Å². The molecule has 2 unspecified atom stereocenters. The number of pyridine rings is 2. The van der Waals surface area contributed by atoms with Gasteiger partial charge in [0.25, 0.3) is 0 Å². The van der Waals surface area contributed by atoms with Crippen molar-refractivity contribution in [2.45, 2.75) is 63.6 Å². The van der Waals surface area contributed by atoms with E-state index in [2.05, 4.69) is 72.9 Å². The number of amides is 1. The standard InChI is InChI=1S/C26H27N3O3.C26H29N3O2/c30-25(18-29-14-4-5-15-29)28-21-9-13-26(27-17-21)31-22-10-12-24-20(16-22)8-11-23(32-24)19-6-2-1-3-7-19;1-2-6-20(7-3-1)24-11-8-21-18-23(10-12-25(21)31-24)30-26-13-9-22(19-28-26)27-14-17-29-15-4-5-16-29/h1-3,6-7,9-10,12-13,16-17,23H,4-5,8,11,14-15,18H2,(H,28,30);1-3,6-7,9-10,12-13,18-19,24,27H,4-5,8,11,14-17H2. The fourth-order valence-corrected chi connectivity index (χ4v) is 8.67. The number of carbonyl (C=O) groups is 1. The van der Waals surface area contributed by atoms with Crippen molar-refractivity contribution < 1.29 is 23.7 Å². The zero-order valence-corrected chi connectivity index (χ0v) is 35.8. The summed E-state index contributed by atoms with van der Waals surface area (Å²) in [7, 11) is 0. The van der Waals surface area contributed by atoms with Crippen LogP contribution >= 0.6 is 0 Å². The molecular weight excluding hydrogens is 789 g/mol. The van der Waals surface area contributed by atoms with E-state index in [1.165, 1.54) is 55.5 Å². The van der Waals surface area contributed by atoms with Gasteiger partial charge in [0.1, 0.15) is 35.2 Å². The third-order valence-electron chi connectivity index (χ3n) is 12.0. The van der Waals surface area contributed by atoms with E-state index in [0.29, 0.717) is 24.0 Å². The van der Waals surface area contributed by atoms with Crippen molar-refractivity contribution in [3.63, 3.8) is 0 Å². The van der Waals surface area contributed by atoms with Gasteiger partial charge in [0.05, 0.1) is 30.3 Å². The lowest BCUT2D eigenvalue weighted by Crippen LogP contribution is -2.30. The van der Waals surface area contributed by atoms with Gasteiger partial charge in [0.15, 0.2) is 0 Å². The van der Waals surface area contributed by atoms with Crippen LogP contribution in [0, 0.1) is 0 Å². The van der Waals surface area contributed by atoms with Crippen LogP contribution in [0.4, 0.5) is 11.4 Å². The van der Waals surface area contributed by atoms with Gasteiger partial charge in [-0.15, -0.1) is 0 Å². The second-order valence-corrected chi connectivity index (χ2v) is 16.6. The Hall–Kier alpha value is -6.43. The molecule has 2 fully saturated rings. The van der Waals surface area contributed by atoms with Crippen LogP contribution in [0.1, 0.15) is 73.0 Å². The molecular formula is C52H56N6O5. The molecule has 0 aliphatic carbocycles. The molecule has 11 heteroatoms. The first-order valence-electron chi connectivity index (χ1n) is 22.5. The number of benzene rings is 4. The summed E-state index contributed by atoms with van der Waals surface area (Å²) in [5, 5.41) is 6.35. The van der Waals surface area contributed by atoms with Gasteiger partial charge in [-0.05, 0) is 148 Å². The van der Waals surface area contributed by atoms with Gasteiger partial charge in [-0.25, -0.2) is 9.97 Å². The molecule has 2 saturated heterocycles. The zero-order chi connectivity index (χ0) is 42.6. The summed E-state index contributed by atoms with van der Waals surface area (Å²) in [6.07, 6.45) is 12.5. The van der Waals surface area contributed by atoms with Gasteiger partial charge < -0.3 is 34.5 Å². The number of likely N-dealkylation sites (tertiary alicyclic amines) is 2. The highest BCUT2D eigenvalue weighted by Gasteiger charge is 2.23. The fourth-order valence-electron chi connectivity index (χ4n) is 8.67. The Morgan fingerprint density at radius 3 is 1.62 bits per heavy atom. The van der Waals surface area contributed by atoms with Crippen LogP contribution in [0.2, 0.25) is 0 Å². The van der Waals surface area contributed by atoms with Gasteiger partial charge >= 0.3 is 0 Å². The first kappa shape index (κ1) is 41.9. The lowest BCUT2D eigenvalue weighted by Gasteiger charge is -2.26. The molecule has 63 heavy (non-hydrogen) atoms. The van der Waals surface area contributed by atoms with Crippen molar-refractivity contribution in [3.8, 4) is 34.8 Å². The molecule has 0 bridgehead atoms. The second-order valence-electron chi connectivity index (χ2n) is 16.6. The van der Waals surface area contributed by atoms with Crippen molar-refractivity contribution in [3.05, 3.63) is 156 Å². The number of nitrogens with one attached hydrogen (secondary N) is 2. The van der Waals surface area contributed by atoms with Crippen LogP contribution in [0.5, 0.6) is 34.8 Å². The molecule has 0 radical (unpaired) electrons. The van der Waals surface area contributed by atoms with Crippen molar-refractivity contribution >= 4 is 17.3 Å². The van der Waals surface area contributed by atoms with E-state index < -0.39 is 0 Å². The predicted octanol–water partition coefficient (Wildman–Crippen LogP) is 10.4.